The quantitative estimate of drug-likeness (QED) is 0.442. The largest absolute Gasteiger partial charge is 0.463 e. The van der Waals surface area contributed by atoms with Gasteiger partial charge < -0.3 is 10.1 Å². The second-order valence-corrected chi connectivity index (χ2v) is 6.69. The minimum absolute atomic E-state index is 0.128. The molecule has 0 spiro atoms. The summed E-state index contributed by atoms with van der Waals surface area (Å²) in [6.07, 6.45) is 1.34. The molecule has 0 bridgehead atoms. The number of nitro groups is 1. The molecule has 0 fully saturated rings. The topological polar surface area (TPSA) is 112 Å². The zero-order chi connectivity index (χ0) is 20.4. The van der Waals surface area contributed by atoms with Gasteiger partial charge in [-0.2, -0.15) is 10.1 Å². The van der Waals surface area contributed by atoms with Crippen LogP contribution in [0.5, 0.6) is 0 Å². The number of nitrogens with zero attached hydrogens (tertiary/aromatic N) is 4. The highest BCUT2D eigenvalue weighted by Gasteiger charge is 2.37. The van der Waals surface area contributed by atoms with Crippen molar-refractivity contribution in [2.45, 2.75) is 39.7 Å². The number of allylic oxidation sites excluding steroid dienone is 1. The maximum absolute atomic E-state index is 12.9. The number of esters is 1. The summed E-state index contributed by atoms with van der Waals surface area (Å²) < 4.78 is 6.79. The minimum atomic E-state index is -0.787. The highest BCUT2D eigenvalue weighted by molar-refractivity contribution is 6.31. The molecular formula is C18H20ClN5O4. The molecule has 1 atom stereocenters. The molecule has 0 amide bonds. The molecule has 1 aliphatic rings. The number of nitro benzene ring substituents is 1. The Balaban J connectivity index is 2.28. The van der Waals surface area contributed by atoms with E-state index in [2.05, 4.69) is 15.4 Å². The van der Waals surface area contributed by atoms with E-state index >= 15 is 0 Å². The van der Waals surface area contributed by atoms with Crippen molar-refractivity contribution in [3.05, 3.63) is 56.0 Å². The van der Waals surface area contributed by atoms with E-state index in [9.17, 15) is 14.9 Å². The van der Waals surface area contributed by atoms with Crippen molar-refractivity contribution in [3.8, 4) is 0 Å². The number of halogens is 1. The van der Waals surface area contributed by atoms with Crippen LogP contribution in [0.4, 0.5) is 11.6 Å². The number of benzene rings is 1. The van der Waals surface area contributed by atoms with Gasteiger partial charge in [0.15, 0.2) is 0 Å². The summed E-state index contributed by atoms with van der Waals surface area (Å²) in [7, 11) is 0. The fraction of sp³-hybridized carbons (Fsp3) is 0.389. The lowest BCUT2D eigenvalue weighted by molar-refractivity contribution is -0.384. The Morgan fingerprint density at radius 3 is 2.82 bits per heavy atom. The van der Waals surface area contributed by atoms with E-state index in [1.54, 1.807) is 13.8 Å². The highest BCUT2D eigenvalue weighted by atomic mass is 35.5. The van der Waals surface area contributed by atoms with E-state index in [4.69, 9.17) is 16.3 Å². The molecule has 2 heterocycles. The molecule has 28 heavy (non-hydrogen) atoms. The summed E-state index contributed by atoms with van der Waals surface area (Å²) in [6, 6.07) is 3.34. The van der Waals surface area contributed by atoms with Crippen LogP contribution in [0, 0.1) is 17.0 Å². The van der Waals surface area contributed by atoms with E-state index in [-0.39, 0.29) is 17.3 Å². The van der Waals surface area contributed by atoms with Gasteiger partial charge in [0.25, 0.3) is 5.69 Å². The lowest BCUT2D eigenvalue weighted by atomic mass is 9.93. The van der Waals surface area contributed by atoms with Crippen LogP contribution in [-0.2, 0) is 9.53 Å². The molecule has 1 aliphatic heterocycles. The van der Waals surface area contributed by atoms with Gasteiger partial charge in [-0.05, 0) is 26.3 Å². The van der Waals surface area contributed by atoms with Gasteiger partial charge in [-0.15, -0.1) is 0 Å². The lowest BCUT2D eigenvalue weighted by Crippen LogP contribution is -2.30. The van der Waals surface area contributed by atoms with Crippen molar-refractivity contribution >= 4 is 29.2 Å². The number of hydrogen-bond donors (Lipinski definition) is 1. The molecule has 9 nitrogen and oxygen atoms in total. The number of anilines is 1. The molecule has 0 radical (unpaired) electrons. The highest BCUT2D eigenvalue weighted by Crippen LogP contribution is 2.40. The van der Waals surface area contributed by atoms with Gasteiger partial charge in [-0.3, -0.25) is 10.1 Å². The number of fused-ring (bicyclic) bond motifs is 1. The SMILES string of the molecule is CCCC1=C(C(=O)OCC)[C@@H](c2cc([N+](=O)[O-])ccc2Cl)n2nc(C)nc2N1. The number of aromatic nitrogens is 3. The summed E-state index contributed by atoms with van der Waals surface area (Å²) in [4.78, 5) is 28.0. The first-order chi connectivity index (χ1) is 13.4. The predicted molar refractivity (Wildman–Crippen MR) is 103 cm³/mol. The Morgan fingerprint density at radius 2 is 2.18 bits per heavy atom. The van der Waals surface area contributed by atoms with Gasteiger partial charge in [0.1, 0.15) is 11.9 Å². The van der Waals surface area contributed by atoms with Crippen molar-refractivity contribution in [2.24, 2.45) is 0 Å². The van der Waals surface area contributed by atoms with Crippen molar-refractivity contribution in [1.29, 1.82) is 0 Å². The Labute approximate surface area is 166 Å². The number of carbonyl (C=O) groups excluding carboxylic acids is 1. The smallest absolute Gasteiger partial charge is 0.338 e. The summed E-state index contributed by atoms with van der Waals surface area (Å²) >= 11 is 6.40. The van der Waals surface area contributed by atoms with Crippen LogP contribution in [0.25, 0.3) is 0 Å². The third-order valence-electron chi connectivity index (χ3n) is 4.32. The number of ether oxygens (including phenoxy) is 1. The summed E-state index contributed by atoms with van der Waals surface area (Å²) in [5, 5.41) is 19.1. The summed E-state index contributed by atoms with van der Waals surface area (Å²) in [6.45, 7) is 5.62. The molecule has 0 saturated carbocycles. The number of carbonyl (C=O) groups is 1. The molecule has 1 aromatic carbocycles. The maximum atomic E-state index is 12.9. The molecule has 3 rings (SSSR count). The Hall–Kier alpha value is -2.94. The zero-order valence-corrected chi connectivity index (χ0v) is 16.5. The Bertz CT molecular complexity index is 969. The van der Waals surface area contributed by atoms with Crippen LogP contribution in [-0.4, -0.2) is 32.3 Å². The van der Waals surface area contributed by atoms with Crippen molar-refractivity contribution < 1.29 is 14.5 Å². The Kier molecular flexibility index (Phi) is 5.64. The van der Waals surface area contributed by atoms with Gasteiger partial charge in [0, 0.05) is 28.4 Å². The fourth-order valence-electron chi connectivity index (χ4n) is 3.22. The zero-order valence-electron chi connectivity index (χ0n) is 15.7. The molecule has 2 aromatic rings. The van der Waals surface area contributed by atoms with Gasteiger partial charge >= 0.3 is 5.97 Å². The van der Waals surface area contributed by atoms with Gasteiger partial charge in [0.2, 0.25) is 5.95 Å². The minimum Gasteiger partial charge on any atom is -0.463 e. The molecule has 148 valence electrons. The molecule has 1 N–H and O–H groups in total. The van der Waals surface area contributed by atoms with Crippen molar-refractivity contribution in [3.63, 3.8) is 0 Å². The molecular weight excluding hydrogens is 386 g/mol. The van der Waals surface area contributed by atoms with Crippen LogP contribution in [0.1, 0.15) is 44.1 Å². The average molecular weight is 406 g/mol. The normalized spacial score (nSPS) is 15.8. The third kappa shape index (κ3) is 3.57. The second kappa shape index (κ2) is 7.97. The first-order valence-electron chi connectivity index (χ1n) is 8.91. The molecule has 0 saturated heterocycles. The van der Waals surface area contributed by atoms with Gasteiger partial charge in [0.05, 0.1) is 17.1 Å². The third-order valence-corrected chi connectivity index (χ3v) is 4.67. The van der Waals surface area contributed by atoms with E-state index in [1.165, 1.54) is 22.9 Å². The maximum Gasteiger partial charge on any atom is 0.338 e. The predicted octanol–water partition coefficient (Wildman–Crippen LogP) is 3.78. The molecule has 10 heteroatoms. The Morgan fingerprint density at radius 1 is 1.43 bits per heavy atom. The second-order valence-electron chi connectivity index (χ2n) is 6.28. The van der Waals surface area contributed by atoms with E-state index in [0.717, 1.165) is 6.42 Å². The van der Waals surface area contributed by atoms with Crippen LogP contribution in [0.2, 0.25) is 5.02 Å². The number of nitrogens with one attached hydrogen (secondary N) is 1. The summed E-state index contributed by atoms with van der Waals surface area (Å²) in [5.74, 6) is 0.418. The van der Waals surface area contributed by atoms with Crippen LogP contribution in [0.15, 0.2) is 29.5 Å². The van der Waals surface area contributed by atoms with Gasteiger partial charge in [-0.25, -0.2) is 9.48 Å². The number of aryl methyl sites for hydroxylation is 1. The van der Waals surface area contributed by atoms with Crippen LogP contribution in [0.3, 0.4) is 0 Å². The standard InChI is InChI=1S/C18H20ClN5O4/c1-4-6-14-15(17(25)28-5-2)16(23-18(21-14)20-10(3)22-23)12-9-11(24(26)27)7-8-13(12)19/h7-9,16H,4-6H2,1-3H3,(H,20,21,22)/t16-/m1/s1. The van der Waals surface area contributed by atoms with E-state index in [1.807, 2.05) is 6.92 Å². The van der Waals surface area contributed by atoms with Crippen LogP contribution < -0.4 is 5.32 Å². The van der Waals surface area contributed by atoms with Crippen molar-refractivity contribution in [1.82, 2.24) is 14.8 Å². The van der Waals surface area contributed by atoms with E-state index < -0.39 is 16.9 Å². The summed E-state index contributed by atoms with van der Waals surface area (Å²) in [5.41, 5.74) is 1.23. The fourth-order valence-corrected chi connectivity index (χ4v) is 3.44. The number of hydrogen-bond acceptors (Lipinski definition) is 7. The molecule has 1 aromatic heterocycles. The molecule has 0 aliphatic carbocycles. The first kappa shape index (κ1) is 19.8. The average Bonchev–Trinajstić information content (AvgIpc) is 3.01. The lowest BCUT2D eigenvalue weighted by Gasteiger charge is -2.29. The van der Waals surface area contributed by atoms with E-state index in [0.29, 0.717) is 35.0 Å². The number of rotatable bonds is 6. The monoisotopic (exact) mass is 405 g/mol. The molecule has 0 unspecified atom stereocenters. The first-order valence-corrected chi connectivity index (χ1v) is 9.29. The number of non-ortho nitro benzene ring substituents is 1. The van der Waals surface area contributed by atoms with Gasteiger partial charge in [-0.1, -0.05) is 24.9 Å². The van der Waals surface area contributed by atoms with Crippen molar-refractivity contribution in [2.75, 3.05) is 11.9 Å². The van der Waals surface area contributed by atoms with Crippen LogP contribution >= 0.6 is 11.6 Å².